The van der Waals surface area contributed by atoms with Gasteiger partial charge >= 0.3 is 6.03 Å². The van der Waals surface area contributed by atoms with E-state index in [1.807, 2.05) is 55.5 Å². The van der Waals surface area contributed by atoms with Crippen LogP contribution in [0.5, 0.6) is 0 Å². The quantitative estimate of drug-likeness (QED) is 0.708. The first-order valence-electron chi connectivity index (χ1n) is 9.52. The number of rotatable bonds is 3. The van der Waals surface area contributed by atoms with Gasteiger partial charge in [-0.1, -0.05) is 42.5 Å². The second-order valence-electron chi connectivity index (χ2n) is 7.00. The number of likely N-dealkylation sites (N-methyl/N-ethyl adjacent to an activating group) is 1. The van der Waals surface area contributed by atoms with Crippen molar-refractivity contribution in [3.63, 3.8) is 0 Å². The number of urea groups is 1. The minimum Gasteiger partial charge on any atom is -0.311 e. The summed E-state index contributed by atoms with van der Waals surface area (Å²) in [5, 5.41) is 5.45. The Morgan fingerprint density at radius 1 is 1.07 bits per heavy atom. The van der Waals surface area contributed by atoms with Crippen LogP contribution in [0.25, 0.3) is 0 Å². The van der Waals surface area contributed by atoms with Crippen molar-refractivity contribution >= 4 is 29.0 Å². The van der Waals surface area contributed by atoms with Gasteiger partial charge in [0.05, 0.1) is 11.4 Å². The highest BCUT2D eigenvalue weighted by atomic mass is 16.2. The van der Waals surface area contributed by atoms with Crippen LogP contribution in [0.4, 0.5) is 16.2 Å². The highest BCUT2D eigenvalue weighted by Gasteiger charge is 2.31. The standard InChI is InChI=1S/C23H21N5O2/c1-15-7-6-10-17(13-15)25-23(30)27-21-22(29)28(2)19-11-12-24-14-18(19)20(26-21)16-8-4-3-5-9-16/h3-14,21H,1-2H3,(H2,25,27,30)/t21-/m0/s1. The van der Waals surface area contributed by atoms with Crippen LogP contribution >= 0.6 is 0 Å². The Bertz CT molecular complexity index is 1130. The van der Waals surface area contributed by atoms with E-state index in [4.69, 9.17) is 0 Å². The predicted molar refractivity (Wildman–Crippen MR) is 117 cm³/mol. The molecular formula is C23H21N5O2. The van der Waals surface area contributed by atoms with E-state index in [0.717, 1.165) is 16.7 Å². The fourth-order valence-electron chi connectivity index (χ4n) is 3.35. The number of hydrogen-bond donors (Lipinski definition) is 2. The number of aliphatic imine (C=N–C) groups is 1. The lowest BCUT2D eigenvalue weighted by Crippen LogP contribution is -2.47. The molecule has 0 spiro atoms. The van der Waals surface area contributed by atoms with Gasteiger partial charge < -0.3 is 15.5 Å². The van der Waals surface area contributed by atoms with Crippen molar-refractivity contribution in [2.75, 3.05) is 17.3 Å². The van der Waals surface area contributed by atoms with E-state index in [1.54, 1.807) is 31.6 Å². The van der Waals surface area contributed by atoms with Crippen LogP contribution in [-0.2, 0) is 4.79 Å². The number of hydrogen-bond acceptors (Lipinski definition) is 4. The average molecular weight is 399 g/mol. The first kappa shape index (κ1) is 19.3. The second-order valence-corrected chi connectivity index (χ2v) is 7.00. The summed E-state index contributed by atoms with van der Waals surface area (Å²) in [5.41, 5.74) is 4.49. The highest BCUT2D eigenvalue weighted by Crippen LogP contribution is 2.26. The van der Waals surface area contributed by atoms with E-state index in [-0.39, 0.29) is 5.91 Å². The molecule has 1 aliphatic heterocycles. The van der Waals surface area contributed by atoms with E-state index in [0.29, 0.717) is 17.1 Å². The van der Waals surface area contributed by atoms with Crippen molar-refractivity contribution in [1.29, 1.82) is 0 Å². The maximum Gasteiger partial charge on any atom is 0.321 e. The second kappa shape index (κ2) is 8.16. The maximum atomic E-state index is 13.1. The number of amides is 3. The molecule has 3 aromatic rings. The molecule has 2 N–H and O–H groups in total. The molecule has 4 rings (SSSR count). The number of pyridine rings is 1. The molecule has 30 heavy (non-hydrogen) atoms. The Morgan fingerprint density at radius 2 is 1.87 bits per heavy atom. The van der Waals surface area contributed by atoms with Crippen LogP contribution in [0.1, 0.15) is 16.7 Å². The van der Waals surface area contributed by atoms with Gasteiger partial charge in [-0.3, -0.25) is 9.78 Å². The monoisotopic (exact) mass is 399 g/mol. The van der Waals surface area contributed by atoms with Crippen molar-refractivity contribution in [2.45, 2.75) is 13.1 Å². The normalized spacial score (nSPS) is 15.7. The Balaban J connectivity index is 1.69. The van der Waals surface area contributed by atoms with Gasteiger partial charge in [0.25, 0.3) is 5.91 Å². The molecule has 3 amide bonds. The van der Waals surface area contributed by atoms with Gasteiger partial charge in [0.2, 0.25) is 6.17 Å². The Kier molecular flexibility index (Phi) is 5.26. The van der Waals surface area contributed by atoms with E-state index in [9.17, 15) is 9.59 Å². The first-order chi connectivity index (χ1) is 14.5. The highest BCUT2D eigenvalue weighted by molar-refractivity contribution is 6.20. The zero-order valence-electron chi connectivity index (χ0n) is 16.7. The molecule has 1 atom stereocenters. The number of benzene rings is 2. The molecule has 150 valence electrons. The van der Waals surface area contributed by atoms with Crippen molar-refractivity contribution in [3.8, 4) is 0 Å². The number of anilines is 2. The van der Waals surface area contributed by atoms with Crippen LogP contribution in [0.15, 0.2) is 78.0 Å². The summed E-state index contributed by atoms with van der Waals surface area (Å²) >= 11 is 0. The molecular weight excluding hydrogens is 378 g/mol. The smallest absolute Gasteiger partial charge is 0.311 e. The minimum atomic E-state index is -1.08. The van der Waals surface area contributed by atoms with E-state index >= 15 is 0 Å². The molecule has 0 bridgehead atoms. The summed E-state index contributed by atoms with van der Waals surface area (Å²) in [6.45, 7) is 1.94. The third-order valence-corrected chi connectivity index (χ3v) is 4.83. The van der Waals surface area contributed by atoms with Gasteiger partial charge in [0.1, 0.15) is 0 Å². The maximum absolute atomic E-state index is 13.1. The Hall–Kier alpha value is -4.00. The fourth-order valence-corrected chi connectivity index (χ4v) is 3.35. The molecule has 0 saturated carbocycles. The van der Waals surface area contributed by atoms with Crippen LogP contribution < -0.4 is 15.5 Å². The summed E-state index contributed by atoms with van der Waals surface area (Å²) in [6, 6.07) is 18.2. The Morgan fingerprint density at radius 3 is 2.63 bits per heavy atom. The molecule has 0 fully saturated rings. The molecule has 0 aliphatic carbocycles. The van der Waals surface area contributed by atoms with Gasteiger partial charge in [-0.2, -0.15) is 0 Å². The third-order valence-electron chi connectivity index (χ3n) is 4.83. The number of aryl methyl sites for hydroxylation is 1. The molecule has 0 unspecified atom stereocenters. The van der Waals surface area contributed by atoms with Crippen molar-refractivity contribution < 1.29 is 9.59 Å². The van der Waals surface area contributed by atoms with Crippen LogP contribution in [-0.4, -0.2) is 35.8 Å². The minimum absolute atomic E-state index is 0.340. The topological polar surface area (TPSA) is 86.7 Å². The molecule has 0 radical (unpaired) electrons. The number of carbonyl (C=O) groups is 2. The summed E-state index contributed by atoms with van der Waals surface area (Å²) in [6.07, 6.45) is 2.23. The van der Waals surface area contributed by atoms with Gasteiger partial charge in [-0.15, -0.1) is 0 Å². The van der Waals surface area contributed by atoms with Crippen LogP contribution in [0.2, 0.25) is 0 Å². The largest absolute Gasteiger partial charge is 0.321 e. The lowest BCUT2D eigenvalue weighted by atomic mass is 10.0. The van der Waals surface area contributed by atoms with Crippen molar-refractivity contribution in [3.05, 3.63) is 89.7 Å². The molecule has 2 heterocycles. The zero-order valence-corrected chi connectivity index (χ0v) is 16.7. The molecule has 1 aromatic heterocycles. The number of carbonyl (C=O) groups excluding carboxylic acids is 2. The predicted octanol–water partition coefficient (Wildman–Crippen LogP) is 3.35. The van der Waals surface area contributed by atoms with Gasteiger partial charge in [0.15, 0.2) is 0 Å². The van der Waals surface area contributed by atoms with Crippen molar-refractivity contribution in [1.82, 2.24) is 10.3 Å². The van der Waals surface area contributed by atoms with Crippen LogP contribution in [0.3, 0.4) is 0 Å². The molecule has 2 aromatic carbocycles. The fraction of sp³-hybridized carbons (Fsp3) is 0.130. The van der Waals surface area contributed by atoms with E-state index in [2.05, 4.69) is 20.6 Å². The third kappa shape index (κ3) is 3.91. The number of nitrogens with zero attached hydrogens (tertiary/aromatic N) is 3. The van der Waals surface area contributed by atoms with E-state index < -0.39 is 12.2 Å². The van der Waals surface area contributed by atoms with E-state index in [1.165, 1.54) is 4.90 Å². The SMILES string of the molecule is Cc1cccc(NC(=O)N[C@@H]2N=C(c3ccccc3)c3cnccc3N(C)C2=O)c1. The number of nitrogens with one attached hydrogen (secondary N) is 2. The van der Waals surface area contributed by atoms with Gasteiger partial charge in [0, 0.05) is 36.3 Å². The van der Waals surface area contributed by atoms with Gasteiger partial charge in [-0.05, 0) is 30.7 Å². The zero-order chi connectivity index (χ0) is 21.1. The summed E-state index contributed by atoms with van der Waals surface area (Å²) in [7, 11) is 1.66. The molecule has 7 nitrogen and oxygen atoms in total. The summed E-state index contributed by atoms with van der Waals surface area (Å²) < 4.78 is 0. The number of fused-ring (bicyclic) bond motifs is 1. The summed E-state index contributed by atoms with van der Waals surface area (Å²) in [4.78, 5) is 36.0. The number of aromatic nitrogens is 1. The first-order valence-corrected chi connectivity index (χ1v) is 9.52. The molecule has 7 heteroatoms. The van der Waals surface area contributed by atoms with Crippen LogP contribution in [0, 0.1) is 6.92 Å². The Labute approximate surface area is 174 Å². The summed E-state index contributed by atoms with van der Waals surface area (Å²) in [5.74, 6) is -0.340. The lowest BCUT2D eigenvalue weighted by molar-refractivity contribution is -0.119. The van der Waals surface area contributed by atoms with Crippen molar-refractivity contribution in [2.24, 2.45) is 4.99 Å². The lowest BCUT2D eigenvalue weighted by Gasteiger charge is -2.20. The molecule has 1 aliphatic rings. The average Bonchev–Trinajstić information content (AvgIpc) is 2.85. The molecule has 0 saturated heterocycles. The van der Waals surface area contributed by atoms with Gasteiger partial charge in [-0.25, -0.2) is 9.79 Å².